The fourth-order valence-corrected chi connectivity index (χ4v) is 1.53. The van der Waals surface area contributed by atoms with Crippen LogP contribution in [0.15, 0.2) is 24.3 Å². The second-order valence-corrected chi connectivity index (χ2v) is 4.23. The van der Waals surface area contributed by atoms with Crippen LogP contribution in [0.5, 0.6) is 0 Å². The van der Waals surface area contributed by atoms with Gasteiger partial charge in [0, 0.05) is 13.6 Å². The molecule has 0 saturated heterocycles. The number of rotatable bonds is 5. The molecular weight excluding hydrogens is 251 g/mol. The predicted molar refractivity (Wildman–Crippen MR) is 68.1 cm³/mol. The third kappa shape index (κ3) is 4.57. The average molecular weight is 268 g/mol. The van der Waals surface area contributed by atoms with Gasteiger partial charge in [-0.1, -0.05) is 19.1 Å². The Morgan fingerprint density at radius 2 is 1.95 bits per heavy atom. The van der Waals surface area contributed by atoms with E-state index in [4.69, 9.17) is 5.11 Å². The normalized spacial score (nSPS) is 11.7. The van der Waals surface area contributed by atoms with Crippen LogP contribution in [0, 0.1) is 5.82 Å². The second-order valence-electron chi connectivity index (χ2n) is 4.23. The standard InChI is InChI=1S/C13H17FN2O3/c1-3-11(12(17)18)15-13(19)16(2)8-9-4-6-10(14)7-5-9/h4-7,11H,3,8H2,1-2H3,(H,15,19)(H,17,18). The molecule has 2 N–H and O–H groups in total. The van der Waals surface area contributed by atoms with Crippen molar-refractivity contribution >= 4 is 12.0 Å². The zero-order chi connectivity index (χ0) is 14.4. The van der Waals surface area contributed by atoms with Gasteiger partial charge in [-0.25, -0.2) is 14.0 Å². The van der Waals surface area contributed by atoms with E-state index in [9.17, 15) is 14.0 Å². The maximum atomic E-state index is 12.7. The molecule has 0 spiro atoms. The van der Waals surface area contributed by atoms with Crippen molar-refractivity contribution < 1.29 is 19.1 Å². The van der Waals surface area contributed by atoms with E-state index < -0.39 is 18.0 Å². The van der Waals surface area contributed by atoms with Gasteiger partial charge in [-0.2, -0.15) is 0 Å². The second kappa shape index (κ2) is 6.72. The fourth-order valence-electron chi connectivity index (χ4n) is 1.53. The van der Waals surface area contributed by atoms with Crippen molar-refractivity contribution in [2.45, 2.75) is 25.9 Å². The summed E-state index contributed by atoms with van der Waals surface area (Å²) in [5.41, 5.74) is 0.766. The summed E-state index contributed by atoms with van der Waals surface area (Å²) in [4.78, 5) is 23.9. The van der Waals surface area contributed by atoms with Crippen LogP contribution in [0.25, 0.3) is 0 Å². The number of hydrogen-bond donors (Lipinski definition) is 2. The zero-order valence-corrected chi connectivity index (χ0v) is 10.9. The predicted octanol–water partition coefficient (Wildman–Crippen LogP) is 1.83. The van der Waals surface area contributed by atoms with Gasteiger partial charge in [0.25, 0.3) is 0 Å². The van der Waals surface area contributed by atoms with Crippen molar-refractivity contribution in [2.24, 2.45) is 0 Å². The topological polar surface area (TPSA) is 69.6 Å². The maximum Gasteiger partial charge on any atom is 0.326 e. The van der Waals surface area contributed by atoms with E-state index in [2.05, 4.69) is 5.32 Å². The molecule has 0 aliphatic heterocycles. The number of carbonyl (C=O) groups is 2. The maximum absolute atomic E-state index is 12.7. The number of urea groups is 1. The largest absolute Gasteiger partial charge is 0.480 e. The molecule has 5 nitrogen and oxygen atoms in total. The molecule has 1 aromatic rings. The Morgan fingerprint density at radius 3 is 2.42 bits per heavy atom. The summed E-state index contributed by atoms with van der Waals surface area (Å²) < 4.78 is 12.7. The quantitative estimate of drug-likeness (QED) is 0.856. The van der Waals surface area contributed by atoms with Crippen molar-refractivity contribution in [1.82, 2.24) is 10.2 Å². The monoisotopic (exact) mass is 268 g/mol. The van der Waals surface area contributed by atoms with Crippen LogP contribution in [0.1, 0.15) is 18.9 Å². The van der Waals surface area contributed by atoms with E-state index in [0.29, 0.717) is 6.42 Å². The number of aliphatic carboxylic acids is 1. The minimum absolute atomic E-state index is 0.280. The number of hydrogen-bond acceptors (Lipinski definition) is 2. The highest BCUT2D eigenvalue weighted by Gasteiger charge is 2.19. The van der Waals surface area contributed by atoms with Crippen LogP contribution >= 0.6 is 0 Å². The van der Waals surface area contributed by atoms with Gasteiger partial charge in [-0.15, -0.1) is 0 Å². The highest BCUT2D eigenvalue weighted by Crippen LogP contribution is 2.06. The number of amides is 2. The Balaban J connectivity index is 2.57. The Kier molecular flexibility index (Phi) is 5.29. The summed E-state index contributed by atoms with van der Waals surface area (Å²) in [5, 5.41) is 11.3. The van der Waals surface area contributed by atoms with Crippen LogP contribution in [-0.2, 0) is 11.3 Å². The lowest BCUT2D eigenvalue weighted by Crippen LogP contribution is -2.46. The summed E-state index contributed by atoms with van der Waals surface area (Å²) in [6.45, 7) is 1.96. The molecule has 0 fully saturated rings. The van der Waals surface area contributed by atoms with E-state index in [1.807, 2.05) is 0 Å². The zero-order valence-electron chi connectivity index (χ0n) is 10.9. The van der Waals surface area contributed by atoms with Gasteiger partial charge >= 0.3 is 12.0 Å². The van der Waals surface area contributed by atoms with Crippen LogP contribution in [0.2, 0.25) is 0 Å². The van der Waals surface area contributed by atoms with E-state index in [1.165, 1.54) is 17.0 Å². The smallest absolute Gasteiger partial charge is 0.326 e. The summed E-state index contributed by atoms with van der Waals surface area (Å²) in [6.07, 6.45) is 0.311. The first-order chi connectivity index (χ1) is 8.93. The van der Waals surface area contributed by atoms with Crippen LogP contribution < -0.4 is 5.32 Å². The molecule has 0 aromatic heterocycles. The lowest BCUT2D eigenvalue weighted by atomic mass is 10.2. The number of nitrogens with one attached hydrogen (secondary N) is 1. The third-order valence-electron chi connectivity index (χ3n) is 2.68. The van der Waals surface area contributed by atoms with E-state index in [1.54, 1.807) is 26.1 Å². The number of benzene rings is 1. The molecule has 0 aliphatic rings. The Hall–Kier alpha value is -2.11. The van der Waals surface area contributed by atoms with Gasteiger partial charge < -0.3 is 15.3 Å². The Morgan fingerprint density at radius 1 is 1.37 bits per heavy atom. The number of carbonyl (C=O) groups excluding carboxylic acids is 1. The number of nitrogens with zero attached hydrogens (tertiary/aromatic N) is 1. The third-order valence-corrected chi connectivity index (χ3v) is 2.68. The van der Waals surface area contributed by atoms with Crippen molar-refractivity contribution in [3.63, 3.8) is 0 Å². The Labute approximate surface area is 111 Å². The van der Waals surface area contributed by atoms with Crippen LogP contribution in [0.4, 0.5) is 9.18 Å². The van der Waals surface area contributed by atoms with Gasteiger partial charge in [0.1, 0.15) is 11.9 Å². The van der Waals surface area contributed by atoms with Crippen LogP contribution in [-0.4, -0.2) is 35.1 Å². The summed E-state index contributed by atoms with van der Waals surface area (Å²) >= 11 is 0. The first-order valence-electron chi connectivity index (χ1n) is 5.93. The summed E-state index contributed by atoms with van der Waals surface area (Å²) in [5.74, 6) is -1.40. The molecule has 0 radical (unpaired) electrons. The molecule has 19 heavy (non-hydrogen) atoms. The molecule has 0 aliphatic carbocycles. The van der Waals surface area contributed by atoms with Gasteiger partial charge in [0.15, 0.2) is 0 Å². The minimum Gasteiger partial charge on any atom is -0.480 e. The first kappa shape index (κ1) is 14.9. The first-order valence-corrected chi connectivity index (χ1v) is 5.93. The van der Waals surface area contributed by atoms with Crippen LogP contribution in [0.3, 0.4) is 0 Å². The molecule has 2 amide bonds. The van der Waals surface area contributed by atoms with Crippen molar-refractivity contribution in [3.8, 4) is 0 Å². The van der Waals surface area contributed by atoms with Crippen molar-refractivity contribution in [2.75, 3.05) is 7.05 Å². The lowest BCUT2D eigenvalue weighted by molar-refractivity contribution is -0.139. The van der Waals surface area contributed by atoms with E-state index in [0.717, 1.165) is 5.56 Å². The van der Waals surface area contributed by atoms with Gasteiger partial charge in [-0.3, -0.25) is 0 Å². The highest BCUT2D eigenvalue weighted by atomic mass is 19.1. The van der Waals surface area contributed by atoms with Gasteiger partial charge in [0.2, 0.25) is 0 Å². The fraction of sp³-hybridized carbons (Fsp3) is 0.385. The molecule has 1 rings (SSSR count). The molecule has 1 aromatic carbocycles. The van der Waals surface area contributed by atoms with Gasteiger partial charge in [-0.05, 0) is 24.1 Å². The van der Waals surface area contributed by atoms with E-state index in [-0.39, 0.29) is 12.4 Å². The average Bonchev–Trinajstić information content (AvgIpc) is 2.37. The highest BCUT2D eigenvalue weighted by molar-refractivity contribution is 5.82. The molecule has 0 bridgehead atoms. The summed E-state index contributed by atoms with van der Waals surface area (Å²) in [6, 6.07) is 4.41. The summed E-state index contributed by atoms with van der Waals surface area (Å²) in [7, 11) is 1.55. The van der Waals surface area contributed by atoms with E-state index >= 15 is 0 Å². The number of carboxylic acids is 1. The molecule has 0 saturated carbocycles. The number of halogens is 1. The number of carboxylic acid groups (broad SMARTS) is 1. The molecule has 6 heteroatoms. The lowest BCUT2D eigenvalue weighted by Gasteiger charge is -2.20. The van der Waals surface area contributed by atoms with Crippen molar-refractivity contribution in [1.29, 1.82) is 0 Å². The molecule has 104 valence electrons. The molecule has 1 unspecified atom stereocenters. The van der Waals surface area contributed by atoms with Crippen molar-refractivity contribution in [3.05, 3.63) is 35.6 Å². The molecular formula is C13H17FN2O3. The Bertz CT molecular complexity index is 448. The molecule has 0 heterocycles. The minimum atomic E-state index is -1.06. The van der Waals surface area contributed by atoms with Gasteiger partial charge in [0.05, 0.1) is 0 Å². The SMILES string of the molecule is CCC(NC(=O)N(C)Cc1ccc(F)cc1)C(=O)O. The molecule has 1 atom stereocenters.